The molecule has 1 atom stereocenters. The van der Waals surface area contributed by atoms with Crippen molar-refractivity contribution in [3.05, 3.63) is 68.6 Å². The van der Waals surface area contributed by atoms with Crippen LogP contribution in [-0.2, 0) is 11.3 Å². The van der Waals surface area contributed by atoms with Gasteiger partial charge in [0.25, 0.3) is 0 Å². The topological polar surface area (TPSA) is 35.2 Å². The number of nitrogens with two attached hydrogens (primary N) is 1. The van der Waals surface area contributed by atoms with Gasteiger partial charge in [0.1, 0.15) is 0 Å². The van der Waals surface area contributed by atoms with Gasteiger partial charge in [-0.3, -0.25) is 0 Å². The van der Waals surface area contributed by atoms with Crippen molar-refractivity contribution in [2.24, 2.45) is 5.73 Å². The molecule has 0 fully saturated rings. The first-order valence-corrected chi connectivity index (χ1v) is 7.60. The van der Waals surface area contributed by atoms with Gasteiger partial charge >= 0.3 is 0 Å². The molecule has 0 bridgehead atoms. The van der Waals surface area contributed by atoms with Crippen LogP contribution in [0.15, 0.2) is 57.5 Å². The molecule has 2 N–H and O–H groups in total. The van der Waals surface area contributed by atoms with Crippen LogP contribution in [0.4, 0.5) is 0 Å². The number of hydrogen-bond donors (Lipinski definition) is 1. The molecule has 2 aromatic carbocycles. The Morgan fingerprint density at radius 2 is 1.68 bits per heavy atom. The molecule has 0 aliphatic heterocycles. The monoisotopic (exact) mass is 383 g/mol. The van der Waals surface area contributed by atoms with Crippen molar-refractivity contribution < 1.29 is 4.74 Å². The Bertz CT molecular complexity index is 528. The van der Waals surface area contributed by atoms with E-state index in [1.54, 1.807) is 0 Å². The van der Waals surface area contributed by atoms with Gasteiger partial charge in [0.15, 0.2) is 0 Å². The zero-order valence-corrected chi connectivity index (χ0v) is 13.5. The minimum absolute atomic E-state index is 0.0979. The fourth-order valence-corrected chi connectivity index (χ4v) is 2.60. The summed E-state index contributed by atoms with van der Waals surface area (Å²) in [5.74, 6) is 0. The van der Waals surface area contributed by atoms with E-state index in [2.05, 4.69) is 31.9 Å². The lowest BCUT2D eigenvalue weighted by Gasteiger charge is -2.18. The summed E-state index contributed by atoms with van der Waals surface area (Å²) in [4.78, 5) is 0. The Morgan fingerprint density at radius 3 is 2.32 bits per heavy atom. The van der Waals surface area contributed by atoms with Crippen molar-refractivity contribution in [2.75, 3.05) is 6.54 Å². The molecule has 0 spiro atoms. The fraction of sp³-hybridized carbons (Fsp3) is 0.200. The first-order chi connectivity index (χ1) is 9.20. The summed E-state index contributed by atoms with van der Waals surface area (Å²) in [6.07, 6.45) is -0.0979. The Hall–Kier alpha value is -0.680. The van der Waals surface area contributed by atoms with Crippen LogP contribution in [0.2, 0.25) is 0 Å². The summed E-state index contributed by atoms with van der Waals surface area (Å²) in [6.45, 7) is 1.01. The van der Waals surface area contributed by atoms with E-state index in [1.165, 1.54) is 0 Å². The summed E-state index contributed by atoms with van der Waals surface area (Å²) in [7, 11) is 0. The van der Waals surface area contributed by atoms with Crippen LogP contribution in [0, 0.1) is 0 Å². The Morgan fingerprint density at radius 1 is 1.00 bits per heavy atom. The first kappa shape index (κ1) is 14.7. The molecule has 1 unspecified atom stereocenters. The summed E-state index contributed by atoms with van der Waals surface area (Å²) in [6, 6.07) is 16.1. The van der Waals surface area contributed by atoms with E-state index >= 15 is 0 Å². The van der Waals surface area contributed by atoms with Gasteiger partial charge in [-0.05, 0) is 29.3 Å². The van der Waals surface area contributed by atoms with E-state index in [-0.39, 0.29) is 6.10 Å². The minimum atomic E-state index is -0.0979. The second-order valence-electron chi connectivity index (χ2n) is 4.18. The van der Waals surface area contributed by atoms with Crippen molar-refractivity contribution in [1.29, 1.82) is 0 Å². The maximum absolute atomic E-state index is 5.91. The maximum atomic E-state index is 5.91. The largest absolute Gasteiger partial charge is 0.367 e. The third kappa shape index (κ3) is 4.14. The van der Waals surface area contributed by atoms with Gasteiger partial charge in [-0.1, -0.05) is 62.2 Å². The average molecular weight is 385 g/mol. The van der Waals surface area contributed by atoms with Gasteiger partial charge in [0, 0.05) is 15.5 Å². The van der Waals surface area contributed by atoms with Crippen LogP contribution in [-0.4, -0.2) is 6.54 Å². The van der Waals surface area contributed by atoms with Crippen molar-refractivity contribution in [3.63, 3.8) is 0 Å². The molecule has 0 aliphatic rings. The lowest BCUT2D eigenvalue weighted by Crippen LogP contribution is -2.16. The molecule has 0 aromatic heterocycles. The van der Waals surface area contributed by atoms with E-state index in [0.717, 1.165) is 20.1 Å². The predicted octanol–water partition coefficient (Wildman–Crippen LogP) is 4.43. The molecular formula is C15H15Br2NO. The zero-order valence-electron chi connectivity index (χ0n) is 10.4. The van der Waals surface area contributed by atoms with E-state index in [9.17, 15) is 0 Å². The quantitative estimate of drug-likeness (QED) is 0.827. The molecule has 0 saturated carbocycles. The van der Waals surface area contributed by atoms with E-state index in [0.29, 0.717) is 13.2 Å². The van der Waals surface area contributed by atoms with Gasteiger partial charge in [-0.25, -0.2) is 0 Å². The predicted molar refractivity (Wildman–Crippen MR) is 84.9 cm³/mol. The summed E-state index contributed by atoms with van der Waals surface area (Å²) in [5.41, 5.74) is 8.03. The van der Waals surface area contributed by atoms with Crippen LogP contribution < -0.4 is 5.73 Å². The molecule has 0 saturated heterocycles. The fourth-order valence-electron chi connectivity index (χ4n) is 1.80. The van der Waals surface area contributed by atoms with E-state index in [4.69, 9.17) is 10.5 Å². The third-order valence-electron chi connectivity index (χ3n) is 2.83. The molecule has 0 radical (unpaired) electrons. The summed E-state index contributed by atoms with van der Waals surface area (Å²) in [5, 5.41) is 0. The van der Waals surface area contributed by atoms with Crippen LogP contribution in [0.5, 0.6) is 0 Å². The molecule has 2 aromatic rings. The van der Waals surface area contributed by atoms with Crippen molar-refractivity contribution in [2.45, 2.75) is 12.7 Å². The number of ether oxygens (including phenoxy) is 1. The second-order valence-corrected chi connectivity index (χ2v) is 5.95. The number of rotatable bonds is 5. The van der Waals surface area contributed by atoms with E-state index in [1.807, 2.05) is 48.5 Å². The molecule has 2 nitrogen and oxygen atoms in total. The van der Waals surface area contributed by atoms with Crippen LogP contribution >= 0.6 is 31.9 Å². The van der Waals surface area contributed by atoms with Gasteiger partial charge in [-0.2, -0.15) is 0 Å². The lowest BCUT2D eigenvalue weighted by molar-refractivity contribution is 0.0452. The second kappa shape index (κ2) is 7.20. The van der Waals surface area contributed by atoms with Crippen molar-refractivity contribution >= 4 is 31.9 Å². The standard InChI is InChI=1S/C15H15Br2NO/c16-12-7-5-11(6-8-12)10-19-15(9-18)13-3-1-2-4-14(13)17/h1-8,15H,9-10,18H2. The van der Waals surface area contributed by atoms with Gasteiger partial charge < -0.3 is 10.5 Å². The Kier molecular flexibility index (Phi) is 5.58. The molecule has 19 heavy (non-hydrogen) atoms. The summed E-state index contributed by atoms with van der Waals surface area (Å²) < 4.78 is 8.01. The van der Waals surface area contributed by atoms with Gasteiger partial charge in [0.2, 0.25) is 0 Å². The van der Waals surface area contributed by atoms with Crippen LogP contribution in [0.25, 0.3) is 0 Å². The van der Waals surface area contributed by atoms with E-state index < -0.39 is 0 Å². The third-order valence-corrected chi connectivity index (χ3v) is 4.08. The highest BCUT2D eigenvalue weighted by atomic mass is 79.9. The Balaban J connectivity index is 2.04. The van der Waals surface area contributed by atoms with Crippen molar-refractivity contribution in [3.8, 4) is 0 Å². The Labute approximate surface area is 130 Å². The molecule has 0 aliphatic carbocycles. The first-order valence-electron chi connectivity index (χ1n) is 6.01. The number of halogens is 2. The summed E-state index contributed by atoms with van der Waals surface area (Å²) >= 11 is 6.95. The molecule has 0 amide bonds. The SMILES string of the molecule is NCC(OCc1ccc(Br)cc1)c1ccccc1Br. The molecule has 0 heterocycles. The minimum Gasteiger partial charge on any atom is -0.367 e. The number of benzene rings is 2. The number of hydrogen-bond acceptors (Lipinski definition) is 2. The average Bonchev–Trinajstić information content (AvgIpc) is 2.43. The highest BCUT2D eigenvalue weighted by molar-refractivity contribution is 9.10. The molecular weight excluding hydrogens is 370 g/mol. The normalized spacial score (nSPS) is 12.4. The van der Waals surface area contributed by atoms with Gasteiger partial charge in [0.05, 0.1) is 12.7 Å². The molecule has 4 heteroatoms. The van der Waals surface area contributed by atoms with Gasteiger partial charge in [-0.15, -0.1) is 0 Å². The molecule has 100 valence electrons. The van der Waals surface area contributed by atoms with Crippen molar-refractivity contribution in [1.82, 2.24) is 0 Å². The van der Waals surface area contributed by atoms with Crippen LogP contribution in [0.3, 0.4) is 0 Å². The van der Waals surface area contributed by atoms with Crippen LogP contribution in [0.1, 0.15) is 17.2 Å². The lowest BCUT2D eigenvalue weighted by atomic mass is 10.1. The zero-order chi connectivity index (χ0) is 13.7. The molecule has 2 rings (SSSR count). The maximum Gasteiger partial charge on any atom is 0.0962 e. The highest BCUT2D eigenvalue weighted by Gasteiger charge is 2.13. The highest BCUT2D eigenvalue weighted by Crippen LogP contribution is 2.26. The smallest absolute Gasteiger partial charge is 0.0962 e.